The first-order chi connectivity index (χ1) is 9.69. The van der Waals surface area contributed by atoms with Crippen LogP contribution in [0.3, 0.4) is 0 Å². The van der Waals surface area contributed by atoms with Crippen LogP contribution in [0.4, 0.5) is 4.39 Å². The molecule has 0 atom stereocenters. The quantitative estimate of drug-likeness (QED) is 0.602. The molecule has 0 amide bonds. The molecule has 0 saturated carbocycles. The molecule has 0 aliphatic rings. The smallest absolute Gasteiger partial charge is 0.185 e. The van der Waals surface area contributed by atoms with Crippen molar-refractivity contribution >= 4 is 5.78 Å². The third-order valence-electron chi connectivity index (χ3n) is 2.73. The third-order valence-corrected chi connectivity index (χ3v) is 2.73. The minimum atomic E-state index is -0.289. The Hall–Kier alpha value is -2.42. The molecule has 0 aliphatic carbocycles. The molecule has 2 aromatic rings. The second-order valence-corrected chi connectivity index (χ2v) is 4.31. The summed E-state index contributed by atoms with van der Waals surface area (Å²) in [6.07, 6.45) is 3.20. The van der Waals surface area contributed by atoms with E-state index in [9.17, 15) is 9.18 Å². The number of halogens is 1. The van der Waals surface area contributed by atoms with Crippen LogP contribution in [0.1, 0.15) is 22.8 Å². The molecular weight excluding hydrogens is 255 g/mol. The monoisotopic (exact) mass is 270 g/mol. The van der Waals surface area contributed by atoms with Gasteiger partial charge in [-0.05, 0) is 42.8 Å². The molecule has 2 aromatic carbocycles. The maximum atomic E-state index is 13.0. The predicted molar refractivity (Wildman–Crippen MR) is 76.3 cm³/mol. The second-order valence-electron chi connectivity index (χ2n) is 4.31. The first kappa shape index (κ1) is 14.0. The number of benzene rings is 2. The largest absolute Gasteiger partial charge is 0.489 e. The molecule has 0 radical (unpaired) electrons. The summed E-state index contributed by atoms with van der Waals surface area (Å²) in [5, 5.41) is 0. The molecule has 0 N–H and O–H groups in total. The van der Waals surface area contributed by atoms with Crippen LogP contribution >= 0.6 is 0 Å². The molecule has 0 fully saturated rings. The van der Waals surface area contributed by atoms with Gasteiger partial charge in [-0.1, -0.05) is 30.3 Å². The minimum Gasteiger partial charge on any atom is -0.489 e. The Balaban J connectivity index is 2.06. The van der Waals surface area contributed by atoms with Gasteiger partial charge in [-0.2, -0.15) is 0 Å². The molecule has 3 heteroatoms. The molecule has 0 saturated heterocycles. The van der Waals surface area contributed by atoms with Crippen LogP contribution in [-0.2, 0) is 6.61 Å². The van der Waals surface area contributed by atoms with Crippen molar-refractivity contribution in [2.75, 3.05) is 0 Å². The van der Waals surface area contributed by atoms with E-state index >= 15 is 0 Å². The van der Waals surface area contributed by atoms with E-state index < -0.39 is 0 Å². The Kier molecular flexibility index (Phi) is 4.66. The summed E-state index contributed by atoms with van der Waals surface area (Å²) in [6.45, 7) is 2.06. The molecule has 0 unspecified atom stereocenters. The van der Waals surface area contributed by atoms with Gasteiger partial charge < -0.3 is 4.74 Å². The summed E-state index contributed by atoms with van der Waals surface area (Å²) < 4.78 is 18.6. The Bertz CT molecular complexity index is 632. The lowest BCUT2D eigenvalue weighted by Crippen LogP contribution is -1.98. The highest BCUT2D eigenvalue weighted by Gasteiger charge is 2.03. The van der Waals surface area contributed by atoms with Crippen LogP contribution in [0.15, 0.2) is 60.7 Å². The number of carbonyl (C=O) groups excluding carboxylic acids is 1. The molecule has 0 aromatic heterocycles. The van der Waals surface area contributed by atoms with Gasteiger partial charge in [0.1, 0.15) is 18.2 Å². The lowest BCUT2D eigenvalue weighted by atomic mass is 10.1. The first-order valence-corrected chi connectivity index (χ1v) is 6.33. The van der Waals surface area contributed by atoms with E-state index in [-0.39, 0.29) is 18.2 Å². The van der Waals surface area contributed by atoms with Crippen molar-refractivity contribution in [3.63, 3.8) is 0 Å². The summed E-state index contributed by atoms with van der Waals surface area (Å²) in [5.41, 5.74) is 1.31. The van der Waals surface area contributed by atoms with E-state index in [0.29, 0.717) is 11.3 Å². The maximum absolute atomic E-state index is 13.0. The fourth-order valence-corrected chi connectivity index (χ4v) is 1.78. The Morgan fingerprint density at radius 3 is 2.75 bits per heavy atom. The zero-order chi connectivity index (χ0) is 14.4. The Labute approximate surface area is 117 Å². The lowest BCUT2D eigenvalue weighted by Gasteiger charge is -2.07. The van der Waals surface area contributed by atoms with Crippen LogP contribution in [-0.4, -0.2) is 5.78 Å². The zero-order valence-corrected chi connectivity index (χ0v) is 11.2. The van der Waals surface area contributed by atoms with Crippen LogP contribution in [0.25, 0.3) is 0 Å². The average molecular weight is 270 g/mol. The van der Waals surface area contributed by atoms with E-state index in [1.807, 2.05) is 0 Å². The second kappa shape index (κ2) is 6.66. The number of allylic oxidation sites excluding steroid dienone is 2. The number of rotatable bonds is 5. The van der Waals surface area contributed by atoms with Gasteiger partial charge in [-0.25, -0.2) is 4.39 Å². The van der Waals surface area contributed by atoms with Crippen LogP contribution in [0.5, 0.6) is 5.75 Å². The Morgan fingerprint density at radius 2 is 2.00 bits per heavy atom. The van der Waals surface area contributed by atoms with E-state index in [1.165, 1.54) is 18.2 Å². The van der Waals surface area contributed by atoms with Crippen LogP contribution in [0.2, 0.25) is 0 Å². The van der Waals surface area contributed by atoms with Gasteiger partial charge in [0.05, 0.1) is 0 Å². The number of hydrogen-bond donors (Lipinski definition) is 0. The van der Waals surface area contributed by atoms with E-state index in [1.54, 1.807) is 49.4 Å². The zero-order valence-electron chi connectivity index (χ0n) is 11.2. The first-order valence-electron chi connectivity index (χ1n) is 6.33. The van der Waals surface area contributed by atoms with Crippen molar-refractivity contribution < 1.29 is 13.9 Å². The summed E-state index contributed by atoms with van der Waals surface area (Å²) >= 11 is 0. The van der Waals surface area contributed by atoms with E-state index in [4.69, 9.17) is 4.74 Å². The number of hydrogen-bond acceptors (Lipinski definition) is 2. The van der Waals surface area contributed by atoms with E-state index in [2.05, 4.69) is 0 Å². The van der Waals surface area contributed by atoms with E-state index in [0.717, 1.165) is 5.56 Å². The van der Waals surface area contributed by atoms with Crippen molar-refractivity contribution in [2.45, 2.75) is 13.5 Å². The molecule has 102 valence electrons. The highest BCUT2D eigenvalue weighted by molar-refractivity contribution is 6.04. The van der Waals surface area contributed by atoms with Gasteiger partial charge in [0.25, 0.3) is 0 Å². The molecule has 20 heavy (non-hydrogen) atoms. The fourth-order valence-electron chi connectivity index (χ4n) is 1.78. The van der Waals surface area contributed by atoms with Gasteiger partial charge in [0, 0.05) is 5.56 Å². The van der Waals surface area contributed by atoms with Crippen molar-refractivity contribution in [1.82, 2.24) is 0 Å². The normalized spacial score (nSPS) is 10.7. The van der Waals surface area contributed by atoms with Gasteiger partial charge in [0.15, 0.2) is 5.78 Å². The van der Waals surface area contributed by atoms with Crippen molar-refractivity contribution in [2.24, 2.45) is 0 Å². The standard InChI is InChI=1S/C17H15FO2/c1-2-5-17(19)14-7-4-9-16(11-14)20-12-13-6-3-8-15(18)10-13/h2-11H,12H2,1H3. The van der Waals surface area contributed by atoms with Gasteiger partial charge in [-0.15, -0.1) is 0 Å². The fraction of sp³-hybridized carbons (Fsp3) is 0.118. The van der Waals surface area contributed by atoms with Crippen LogP contribution < -0.4 is 4.74 Å². The Morgan fingerprint density at radius 1 is 1.20 bits per heavy atom. The highest BCUT2D eigenvalue weighted by atomic mass is 19.1. The summed E-state index contributed by atoms with van der Waals surface area (Å²) in [4.78, 5) is 11.7. The number of carbonyl (C=O) groups is 1. The van der Waals surface area contributed by atoms with Gasteiger partial charge >= 0.3 is 0 Å². The molecule has 0 heterocycles. The molecule has 0 spiro atoms. The van der Waals surface area contributed by atoms with Crippen molar-refractivity contribution in [3.05, 3.63) is 77.6 Å². The molecule has 2 nitrogen and oxygen atoms in total. The molecular formula is C17H15FO2. The highest BCUT2D eigenvalue weighted by Crippen LogP contribution is 2.16. The third kappa shape index (κ3) is 3.79. The lowest BCUT2D eigenvalue weighted by molar-refractivity contribution is 0.104. The SMILES string of the molecule is CC=CC(=O)c1cccc(OCc2cccc(F)c2)c1. The molecule has 2 rings (SSSR count). The summed E-state index contributed by atoms with van der Waals surface area (Å²) in [7, 11) is 0. The summed E-state index contributed by atoms with van der Waals surface area (Å²) in [5.74, 6) is 0.233. The van der Waals surface area contributed by atoms with Gasteiger partial charge in [0.2, 0.25) is 0 Å². The predicted octanol–water partition coefficient (Wildman–Crippen LogP) is 4.16. The maximum Gasteiger partial charge on any atom is 0.185 e. The van der Waals surface area contributed by atoms with Crippen molar-refractivity contribution in [1.29, 1.82) is 0 Å². The van der Waals surface area contributed by atoms with Crippen LogP contribution in [0, 0.1) is 5.82 Å². The van der Waals surface area contributed by atoms with Gasteiger partial charge in [-0.3, -0.25) is 4.79 Å². The summed E-state index contributed by atoms with van der Waals surface area (Å²) in [6, 6.07) is 13.2. The number of ether oxygens (including phenoxy) is 1. The minimum absolute atomic E-state index is 0.0660. The number of ketones is 1. The van der Waals surface area contributed by atoms with Crippen molar-refractivity contribution in [3.8, 4) is 5.75 Å². The molecule has 0 bridgehead atoms. The molecule has 0 aliphatic heterocycles. The average Bonchev–Trinajstić information content (AvgIpc) is 2.46. The topological polar surface area (TPSA) is 26.3 Å².